The van der Waals surface area contributed by atoms with Crippen LogP contribution >= 0.6 is 11.6 Å². The molecule has 1 aromatic rings. The van der Waals surface area contributed by atoms with Crippen molar-refractivity contribution in [3.8, 4) is 0 Å². The van der Waals surface area contributed by atoms with E-state index < -0.39 is 10.0 Å². The summed E-state index contributed by atoms with van der Waals surface area (Å²) < 4.78 is 25.8. The molecule has 134 valence electrons. The van der Waals surface area contributed by atoms with E-state index in [1.807, 2.05) is 0 Å². The Hall–Kier alpha value is -1.15. The average Bonchev–Trinajstić information content (AvgIpc) is 3.05. The molecule has 0 unspecified atom stereocenters. The van der Waals surface area contributed by atoms with E-state index in [-0.39, 0.29) is 17.3 Å². The molecule has 0 bridgehead atoms. The van der Waals surface area contributed by atoms with Crippen LogP contribution in [-0.2, 0) is 14.8 Å². The number of nitrogens with zero attached hydrogens (tertiary/aromatic N) is 2. The van der Waals surface area contributed by atoms with Crippen LogP contribution in [-0.4, -0.2) is 63.3 Å². The lowest BCUT2D eigenvalue weighted by atomic mass is 10.4. The first kappa shape index (κ1) is 19.2. The van der Waals surface area contributed by atoms with Gasteiger partial charge in [-0.2, -0.15) is 4.31 Å². The fourth-order valence-electron chi connectivity index (χ4n) is 2.67. The summed E-state index contributed by atoms with van der Waals surface area (Å²) in [5.74, 6) is -0.295. The Morgan fingerprint density at radius 3 is 2.50 bits per heavy atom. The summed E-state index contributed by atoms with van der Waals surface area (Å²) in [6, 6.07) is 5.89. The van der Waals surface area contributed by atoms with Gasteiger partial charge in [-0.05, 0) is 63.2 Å². The Bertz CT molecular complexity index is 643. The number of halogens is 1. The molecule has 0 aromatic heterocycles. The number of carbonyl (C=O) groups is 1. The number of amides is 1. The number of likely N-dealkylation sites (N-methyl/N-ethyl adjacent to an activating group) is 1. The van der Waals surface area contributed by atoms with Crippen LogP contribution in [0.1, 0.15) is 19.3 Å². The number of rotatable bonds is 8. The molecule has 6 nitrogen and oxygen atoms in total. The first-order chi connectivity index (χ1) is 11.4. The Labute approximate surface area is 148 Å². The Morgan fingerprint density at radius 2 is 1.88 bits per heavy atom. The van der Waals surface area contributed by atoms with Crippen LogP contribution in [0.25, 0.3) is 0 Å². The predicted octanol–water partition coefficient (Wildman–Crippen LogP) is 1.56. The summed E-state index contributed by atoms with van der Waals surface area (Å²) in [6.45, 7) is 3.60. The molecule has 1 N–H and O–H groups in total. The van der Waals surface area contributed by atoms with Crippen molar-refractivity contribution in [1.29, 1.82) is 0 Å². The lowest BCUT2D eigenvalue weighted by Crippen LogP contribution is -2.39. The first-order valence-corrected chi connectivity index (χ1v) is 9.92. The highest BCUT2D eigenvalue weighted by Crippen LogP contribution is 2.17. The van der Waals surface area contributed by atoms with Crippen molar-refractivity contribution < 1.29 is 13.2 Å². The standard InChI is InChI=1S/C16H24ClN3O3S/c1-19(24(22,23)15-7-5-14(17)6-8-15)13-16(21)18-9-4-12-20-10-2-3-11-20/h5-8H,2-4,9-13H2,1H3,(H,18,21). The molecule has 8 heteroatoms. The van der Waals surface area contributed by atoms with Gasteiger partial charge in [-0.3, -0.25) is 4.79 Å². The molecule has 1 aliphatic heterocycles. The molecule has 0 radical (unpaired) electrons. The highest BCUT2D eigenvalue weighted by Gasteiger charge is 2.22. The fourth-order valence-corrected chi connectivity index (χ4v) is 3.92. The second kappa shape index (κ2) is 8.80. The number of benzene rings is 1. The zero-order valence-electron chi connectivity index (χ0n) is 13.9. The van der Waals surface area contributed by atoms with Crippen LogP contribution in [0.5, 0.6) is 0 Å². The Kier molecular flexibility index (Phi) is 7.03. The normalized spacial score (nSPS) is 15.8. The summed E-state index contributed by atoms with van der Waals surface area (Å²) >= 11 is 5.77. The molecule has 1 fully saturated rings. The van der Waals surface area contributed by atoms with Crippen molar-refractivity contribution in [3.63, 3.8) is 0 Å². The number of nitrogens with one attached hydrogen (secondary N) is 1. The van der Waals surface area contributed by atoms with E-state index >= 15 is 0 Å². The van der Waals surface area contributed by atoms with Crippen molar-refractivity contribution in [1.82, 2.24) is 14.5 Å². The van der Waals surface area contributed by atoms with Crippen molar-refractivity contribution in [2.45, 2.75) is 24.2 Å². The highest BCUT2D eigenvalue weighted by atomic mass is 35.5. The van der Waals surface area contributed by atoms with Gasteiger partial charge in [0.05, 0.1) is 11.4 Å². The maximum absolute atomic E-state index is 12.4. The van der Waals surface area contributed by atoms with Crippen LogP contribution in [0.4, 0.5) is 0 Å². The van der Waals surface area contributed by atoms with Crippen LogP contribution in [0, 0.1) is 0 Å². The number of hydrogen-bond acceptors (Lipinski definition) is 4. The topological polar surface area (TPSA) is 69.7 Å². The van der Waals surface area contributed by atoms with Gasteiger partial charge < -0.3 is 10.2 Å². The molecule has 1 aliphatic rings. The number of sulfonamides is 1. The van der Waals surface area contributed by atoms with Gasteiger partial charge in [0.1, 0.15) is 0 Å². The van der Waals surface area contributed by atoms with Gasteiger partial charge in [-0.25, -0.2) is 8.42 Å². The maximum atomic E-state index is 12.4. The third-order valence-corrected chi connectivity index (χ3v) is 6.13. The molecule has 1 amide bonds. The second-order valence-corrected chi connectivity index (χ2v) is 8.45. The van der Waals surface area contributed by atoms with Gasteiger partial charge in [0.2, 0.25) is 15.9 Å². The fraction of sp³-hybridized carbons (Fsp3) is 0.562. The second-order valence-electron chi connectivity index (χ2n) is 5.97. The predicted molar refractivity (Wildman–Crippen MR) is 94.6 cm³/mol. The van der Waals surface area contributed by atoms with Crippen molar-refractivity contribution >= 4 is 27.5 Å². The number of likely N-dealkylation sites (tertiary alicyclic amines) is 1. The van der Waals surface area contributed by atoms with E-state index in [0.29, 0.717) is 11.6 Å². The zero-order valence-corrected chi connectivity index (χ0v) is 15.4. The van der Waals surface area contributed by atoms with Gasteiger partial charge in [0.15, 0.2) is 0 Å². The molecule has 1 saturated heterocycles. The smallest absolute Gasteiger partial charge is 0.243 e. The van der Waals surface area contributed by atoms with Crippen LogP contribution in [0.15, 0.2) is 29.2 Å². The van der Waals surface area contributed by atoms with E-state index in [9.17, 15) is 13.2 Å². The molecule has 0 spiro atoms. The summed E-state index contributed by atoms with van der Waals surface area (Å²) in [6.07, 6.45) is 3.37. The van der Waals surface area contributed by atoms with Crippen molar-refractivity contribution in [2.75, 3.05) is 39.8 Å². The molecular weight excluding hydrogens is 350 g/mol. The summed E-state index contributed by atoms with van der Waals surface area (Å²) in [5.41, 5.74) is 0. The van der Waals surface area contributed by atoms with Crippen molar-refractivity contribution in [3.05, 3.63) is 29.3 Å². The molecule has 24 heavy (non-hydrogen) atoms. The van der Waals surface area contributed by atoms with Crippen molar-refractivity contribution in [2.24, 2.45) is 0 Å². The third kappa shape index (κ3) is 5.44. The van der Waals surface area contributed by atoms with E-state index in [2.05, 4.69) is 10.2 Å². The summed E-state index contributed by atoms with van der Waals surface area (Å²) in [4.78, 5) is 14.4. The minimum absolute atomic E-state index is 0.122. The molecule has 1 heterocycles. The average molecular weight is 374 g/mol. The molecule has 0 atom stereocenters. The third-order valence-electron chi connectivity index (χ3n) is 4.06. The minimum atomic E-state index is -3.69. The zero-order chi connectivity index (χ0) is 17.6. The molecule has 1 aromatic carbocycles. The largest absolute Gasteiger partial charge is 0.355 e. The van der Waals surface area contributed by atoms with Gasteiger partial charge in [-0.1, -0.05) is 11.6 Å². The lowest BCUT2D eigenvalue weighted by molar-refractivity contribution is -0.121. The van der Waals surface area contributed by atoms with Crippen LogP contribution in [0.3, 0.4) is 0 Å². The van der Waals surface area contributed by atoms with Gasteiger partial charge >= 0.3 is 0 Å². The molecule has 2 rings (SSSR count). The number of carbonyl (C=O) groups excluding carboxylic acids is 1. The van der Waals surface area contributed by atoms with Gasteiger partial charge in [0.25, 0.3) is 0 Å². The van der Waals surface area contributed by atoms with Crippen LogP contribution in [0.2, 0.25) is 5.02 Å². The summed E-state index contributed by atoms with van der Waals surface area (Å²) in [5, 5.41) is 3.24. The molecular formula is C16H24ClN3O3S. The molecule has 0 aliphatic carbocycles. The van der Waals surface area contributed by atoms with E-state index in [1.165, 1.54) is 44.2 Å². The molecule has 0 saturated carbocycles. The SMILES string of the molecule is CN(CC(=O)NCCCN1CCCC1)S(=O)(=O)c1ccc(Cl)cc1. The Morgan fingerprint density at radius 1 is 1.25 bits per heavy atom. The summed E-state index contributed by atoms with van der Waals surface area (Å²) in [7, 11) is -2.29. The van der Waals surface area contributed by atoms with E-state index in [4.69, 9.17) is 11.6 Å². The first-order valence-electron chi connectivity index (χ1n) is 8.10. The Balaban J connectivity index is 1.76. The van der Waals surface area contributed by atoms with Crippen LogP contribution < -0.4 is 5.32 Å². The lowest BCUT2D eigenvalue weighted by Gasteiger charge is -2.17. The highest BCUT2D eigenvalue weighted by molar-refractivity contribution is 7.89. The van der Waals surface area contributed by atoms with Gasteiger partial charge in [-0.15, -0.1) is 0 Å². The maximum Gasteiger partial charge on any atom is 0.243 e. The monoisotopic (exact) mass is 373 g/mol. The number of hydrogen-bond donors (Lipinski definition) is 1. The van der Waals surface area contributed by atoms with E-state index in [0.717, 1.165) is 30.4 Å². The quantitative estimate of drug-likeness (QED) is 0.702. The van der Waals surface area contributed by atoms with Gasteiger partial charge in [0, 0.05) is 18.6 Å². The van der Waals surface area contributed by atoms with E-state index in [1.54, 1.807) is 0 Å². The minimum Gasteiger partial charge on any atom is -0.355 e.